The van der Waals surface area contributed by atoms with Crippen LogP contribution >= 0.6 is 11.3 Å². The molecule has 1 unspecified atom stereocenters. The molecule has 2 saturated heterocycles. The minimum atomic E-state index is -4.43. The first-order valence-corrected chi connectivity index (χ1v) is 20.2. The first kappa shape index (κ1) is 42.1. The number of piperidine rings is 1. The molecule has 12 nitrogen and oxygen atoms in total. The lowest BCUT2D eigenvalue weighted by atomic mass is 9.76. The van der Waals surface area contributed by atoms with E-state index in [2.05, 4.69) is 32.7 Å². The van der Waals surface area contributed by atoms with Gasteiger partial charge >= 0.3 is 12.1 Å². The summed E-state index contributed by atoms with van der Waals surface area (Å²) in [6.07, 6.45) is 0.804. The van der Waals surface area contributed by atoms with Crippen molar-refractivity contribution in [1.82, 2.24) is 10.2 Å². The Morgan fingerprint density at radius 1 is 1.11 bits per heavy atom. The number of anilines is 2. The number of nitrogens with two attached hydrogens (primary N) is 1. The monoisotopic (exact) mass is 813 g/mol. The van der Waals surface area contributed by atoms with Gasteiger partial charge in [0.2, 0.25) is 5.91 Å². The number of thiophene rings is 1. The highest BCUT2D eigenvalue weighted by Gasteiger charge is 2.42. The molecule has 6 rings (SSSR count). The lowest BCUT2D eigenvalue weighted by Crippen LogP contribution is -2.53. The van der Waals surface area contributed by atoms with Crippen LogP contribution in [-0.4, -0.2) is 105 Å². The standard InChI is InChI=1S/C41H50F3N5O7S/c1-54-39(53)33(13-14-36(45)51)48-38(52)26-7-12-31(34(22-26)56-21-20-50)46-17-3-6-35-30(23-41(42,43)44)29-4-2-5-32(37(29)57-35)47-27-8-10-28(11-9-27)49-18-15-40(16-19-49)24-55-25-40/h2,4-5,7,12,22,27-28,33,46-47,50H,8-11,13-21,23-25H2,1H3,(H2,45,51)(H,48,52). The van der Waals surface area contributed by atoms with Crippen molar-refractivity contribution < 1.29 is 46.9 Å². The molecule has 3 fully saturated rings. The molecule has 1 atom stereocenters. The van der Waals surface area contributed by atoms with Crippen LogP contribution in [0.5, 0.6) is 5.75 Å². The number of methoxy groups -OCH3 is 1. The van der Waals surface area contributed by atoms with E-state index in [0.29, 0.717) is 27.4 Å². The highest BCUT2D eigenvalue weighted by atomic mass is 32.1. The summed E-state index contributed by atoms with van der Waals surface area (Å²) in [7, 11) is 1.16. The number of benzene rings is 2. The minimum Gasteiger partial charge on any atom is -0.489 e. The number of rotatable bonds is 15. The molecule has 1 aliphatic carbocycles. The van der Waals surface area contributed by atoms with Crippen LogP contribution in [0, 0.1) is 17.3 Å². The van der Waals surface area contributed by atoms with Crippen molar-refractivity contribution in [3.63, 3.8) is 0 Å². The van der Waals surface area contributed by atoms with Crippen LogP contribution in [0.15, 0.2) is 36.4 Å². The van der Waals surface area contributed by atoms with Gasteiger partial charge in [-0.15, -0.1) is 11.3 Å². The summed E-state index contributed by atoms with van der Waals surface area (Å²) in [6, 6.07) is 9.55. The number of nitrogens with one attached hydrogen (secondary N) is 3. The van der Waals surface area contributed by atoms with Gasteiger partial charge in [0.1, 0.15) is 18.4 Å². The van der Waals surface area contributed by atoms with Crippen LogP contribution in [0.25, 0.3) is 10.1 Å². The van der Waals surface area contributed by atoms with Crippen molar-refractivity contribution in [2.24, 2.45) is 11.1 Å². The Bertz CT molecular complexity index is 1960. The van der Waals surface area contributed by atoms with E-state index in [-0.39, 0.29) is 55.5 Å². The summed E-state index contributed by atoms with van der Waals surface area (Å²) in [5.74, 6) is 4.09. The number of halogens is 3. The van der Waals surface area contributed by atoms with Crippen LogP contribution < -0.4 is 26.4 Å². The lowest BCUT2D eigenvalue weighted by molar-refractivity contribution is -0.143. The predicted molar refractivity (Wildman–Crippen MR) is 211 cm³/mol. The average Bonchev–Trinajstić information content (AvgIpc) is 3.53. The van der Waals surface area contributed by atoms with Gasteiger partial charge in [-0.2, -0.15) is 13.2 Å². The Morgan fingerprint density at radius 3 is 2.51 bits per heavy atom. The number of carbonyl (C=O) groups excluding carboxylic acids is 3. The second-order valence-electron chi connectivity index (χ2n) is 15.1. The summed E-state index contributed by atoms with van der Waals surface area (Å²) in [5, 5.41) is 19.2. The second kappa shape index (κ2) is 18.8. The van der Waals surface area contributed by atoms with Gasteiger partial charge in [0.15, 0.2) is 0 Å². The molecule has 2 aliphatic heterocycles. The number of amides is 2. The molecule has 3 aromatic rings. The van der Waals surface area contributed by atoms with E-state index in [9.17, 15) is 32.7 Å². The first-order chi connectivity index (χ1) is 27.4. The van der Waals surface area contributed by atoms with Gasteiger partial charge < -0.3 is 45.9 Å². The van der Waals surface area contributed by atoms with Crippen LogP contribution in [-0.2, 0) is 25.5 Å². The van der Waals surface area contributed by atoms with Crippen molar-refractivity contribution in [2.75, 3.05) is 63.8 Å². The van der Waals surface area contributed by atoms with Gasteiger partial charge in [-0.05, 0) is 93.3 Å². The van der Waals surface area contributed by atoms with Crippen molar-refractivity contribution in [3.05, 3.63) is 52.4 Å². The SMILES string of the molecule is COC(=O)C(CCC(N)=O)NC(=O)c1ccc(NCC#Cc2sc3c(NC4CCC(N5CCC6(CC5)COC6)CC4)cccc3c2CC(F)(F)F)c(OCCO)c1. The van der Waals surface area contributed by atoms with Crippen LogP contribution in [0.2, 0.25) is 0 Å². The number of hydrogen-bond donors (Lipinski definition) is 5. The third-order valence-electron chi connectivity index (χ3n) is 11.1. The number of ether oxygens (including phenoxy) is 3. The molecule has 1 spiro atoms. The molecular weight excluding hydrogens is 764 g/mol. The van der Waals surface area contributed by atoms with Crippen LogP contribution in [0.1, 0.15) is 72.2 Å². The third-order valence-corrected chi connectivity index (χ3v) is 12.3. The van der Waals surface area contributed by atoms with Gasteiger partial charge in [0, 0.05) is 29.5 Å². The van der Waals surface area contributed by atoms with E-state index in [1.54, 1.807) is 18.2 Å². The number of aliphatic hydroxyl groups excluding tert-OH is 1. The van der Waals surface area contributed by atoms with Crippen molar-refractivity contribution in [2.45, 2.75) is 82.1 Å². The number of hydrogen-bond acceptors (Lipinski definition) is 11. The topological polar surface area (TPSA) is 164 Å². The molecule has 3 heterocycles. The first-order valence-electron chi connectivity index (χ1n) is 19.3. The van der Waals surface area contributed by atoms with E-state index in [1.165, 1.54) is 36.3 Å². The maximum atomic E-state index is 13.9. The smallest absolute Gasteiger partial charge is 0.393 e. The maximum absolute atomic E-state index is 13.9. The largest absolute Gasteiger partial charge is 0.489 e. The molecule has 0 radical (unpaired) electrons. The van der Waals surface area contributed by atoms with E-state index >= 15 is 0 Å². The fourth-order valence-corrected chi connectivity index (χ4v) is 9.05. The van der Waals surface area contributed by atoms with Gasteiger partial charge in [-0.3, -0.25) is 9.59 Å². The number of aliphatic hydroxyl groups is 1. The summed E-state index contributed by atoms with van der Waals surface area (Å²) in [4.78, 5) is 39.5. The minimum absolute atomic E-state index is 0.0262. The highest BCUT2D eigenvalue weighted by molar-refractivity contribution is 7.20. The van der Waals surface area contributed by atoms with Gasteiger partial charge in [0.05, 0.1) is 60.8 Å². The molecule has 308 valence electrons. The van der Waals surface area contributed by atoms with Gasteiger partial charge in [-0.1, -0.05) is 24.0 Å². The molecule has 2 aromatic carbocycles. The Hall–Kier alpha value is -4.56. The molecule has 2 amide bonds. The lowest BCUT2D eigenvalue weighted by Gasteiger charge is -2.49. The molecule has 3 aliphatic rings. The van der Waals surface area contributed by atoms with Crippen molar-refractivity contribution in [3.8, 4) is 17.6 Å². The Kier molecular flexibility index (Phi) is 13.9. The third kappa shape index (κ3) is 10.9. The number of alkyl halides is 3. The van der Waals surface area contributed by atoms with E-state index in [1.807, 2.05) is 6.07 Å². The molecule has 57 heavy (non-hydrogen) atoms. The maximum Gasteiger partial charge on any atom is 0.393 e. The quantitative estimate of drug-likeness (QED) is 0.102. The normalized spacial score (nSPS) is 19.8. The van der Waals surface area contributed by atoms with E-state index in [4.69, 9.17) is 19.9 Å². The molecular formula is C41H50F3N5O7S. The zero-order valence-electron chi connectivity index (χ0n) is 32.0. The Morgan fingerprint density at radius 2 is 1.86 bits per heavy atom. The number of fused-ring (bicyclic) bond motifs is 1. The number of nitrogens with zero attached hydrogens (tertiary/aromatic N) is 1. The highest BCUT2D eigenvalue weighted by Crippen LogP contribution is 2.42. The number of likely N-dealkylation sites (tertiary alicyclic amines) is 1. The Labute approximate surface area is 334 Å². The molecule has 0 bridgehead atoms. The second-order valence-corrected chi connectivity index (χ2v) is 16.1. The summed E-state index contributed by atoms with van der Waals surface area (Å²) in [6.45, 7) is 3.65. The Balaban J connectivity index is 1.13. The zero-order chi connectivity index (χ0) is 40.6. The number of esters is 1. The fourth-order valence-electron chi connectivity index (χ4n) is 7.88. The van der Waals surface area contributed by atoms with Crippen LogP contribution in [0.4, 0.5) is 24.5 Å². The van der Waals surface area contributed by atoms with E-state index in [0.717, 1.165) is 69.5 Å². The van der Waals surface area contributed by atoms with Gasteiger partial charge in [-0.25, -0.2) is 4.79 Å². The fraction of sp³-hybridized carbons (Fsp3) is 0.537. The zero-order valence-corrected chi connectivity index (χ0v) is 32.8. The van der Waals surface area contributed by atoms with Crippen LogP contribution in [0.3, 0.4) is 0 Å². The van der Waals surface area contributed by atoms with Crippen molar-refractivity contribution in [1.29, 1.82) is 0 Å². The summed E-state index contributed by atoms with van der Waals surface area (Å²) in [5.41, 5.74) is 7.10. The predicted octanol–water partition coefficient (Wildman–Crippen LogP) is 5.21. The molecule has 1 saturated carbocycles. The van der Waals surface area contributed by atoms with Crippen molar-refractivity contribution >= 4 is 50.6 Å². The summed E-state index contributed by atoms with van der Waals surface area (Å²) >= 11 is 1.25. The average molecular weight is 814 g/mol. The molecule has 1 aromatic heterocycles. The molecule has 6 N–H and O–H groups in total. The number of carbonyl (C=O) groups is 3. The molecule has 16 heteroatoms. The number of primary amides is 1. The van der Waals surface area contributed by atoms with Gasteiger partial charge in [0.25, 0.3) is 5.91 Å². The summed E-state index contributed by atoms with van der Waals surface area (Å²) < 4.78 is 58.4. The van der Waals surface area contributed by atoms with E-state index < -0.39 is 36.4 Å².